The predicted molar refractivity (Wildman–Crippen MR) is 85.4 cm³/mol. The smallest absolute Gasteiger partial charge is 0.253 e. The van der Waals surface area contributed by atoms with Gasteiger partial charge < -0.3 is 15.0 Å². The highest BCUT2D eigenvalue weighted by Crippen LogP contribution is 2.28. The van der Waals surface area contributed by atoms with Crippen LogP contribution in [0.15, 0.2) is 41.3 Å². The molecule has 0 aliphatic heterocycles. The molecule has 0 bridgehead atoms. The summed E-state index contributed by atoms with van der Waals surface area (Å²) in [6.45, 7) is 3.89. The molecular weight excluding hydrogens is 304 g/mol. The number of H-pyrrole nitrogens is 1. The maximum atomic E-state index is 12.2. The molecule has 1 aromatic heterocycles. The van der Waals surface area contributed by atoms with Crippen molar-refractivity contribution in [3.05, 3.63) is 63.0 Å². The van der Waals surface area contributed by atoms with Gasteiger partial charge in [-0.05, 0) is 32.0 Å². The van der Waals surface area contributed by atoms with Crippen LogP contribution in [0.1, 0.15) is 29.8 Å². The molecule has 2 aromatic rings. The Labute approximate surface area is 133 Å². The second kappa shape index (κ2) is 7.13. The van der Waals surface area contributed by atoms with Gasteiger partial charge >= 0.3 is 0 Å². The Morgan fingerprint density at radius 2 is 2.09 bits per heavy atom. The molecule has 1 heterocycles. The van der Waals surface area contributed by atoms with Crippen LogP contribution in [0, 0.1) is 0 Å². The zero-order valence-electron chi connectivity index (χ0n) is 12.4. The fourth-order valence-electron chi connectivity index (χ4n) is 1.90. The van der Waals surface area contributed by atoms with Crippen LogP contribution in [-0.4, -0.2) is 17.0 Å². The van der Waals surface area contributed by atoms with Crippen LogP contribution in [0.3, 0.4) is 0 Å². The molecular formula is C16H17ClN2O3. The lowest BCUT2D eigenvalue weighted by Gasteiger charge is -2.13. The van der Waals surface area contributed by atoms with Crippen LogP contribution >= 0.6 is 11.6 Å². The van der Waals surface area contributed by atoms with Crippen molar-refractivity contribution in [2.45, 2.75) is 26.5 Å². The van der Waals surface area contributed by atoms with Gasteiger partial charge in [0.25, 0.3) is 11.5 Å². The number of hydrogen-bond donors (Lipinski definition) is 2. The van der Waals surface area contributed by atoms with Crippen LogP contribution in [0.5, 0.6) is 5.75 Å². The molecule has 0 aliphatic rings. The second-order valence-electron chi connectivity index (χ2n) is 4.99. The number of carbonyl (C=O) groups is 1. The average Bonchev–Trinajstić information content (AvgIpc) is 2.48. The Kier molecular flexibility index (Phi) is 5.22. The van der Waals surface area contributed by atoms with E-state index >= 15 is 0 Å². The lowest BCUT2D eigenvalue weighted by atomic mass is 10.2. The third-order valence-electron chi connectivity index (χ3n) is 2.91. The third kappa shape index (κ3) is 3.89. The molecule has 0 saturated heterocycles. The van der Waals surface area contributed by atoms with Gasteiger partial charge in [0.2, 0.25) is 0 Å². The molecule has 1 aromatic carbocycles. The number of amides is 1. The number of benzene rings is 1. The third-order valence-corrected chi connectivity index (χ3v) is 3.30. The molecule has 0 radical (unpaired) electrons. The van der Waals surface area contributed by atoms with Gasteiger partial charge in [0, 0.05) is 18.3 Å². The lowest BCUT2D eigenvalue weighted by Crippen LogP contribution is -2.26. The highest BCUT2D eigenvalue weighted by atomic mass is 35.5. The summed E-state index contributed by atoms with van der Waals surface area (Å²) in [5, 5.41) is 2.94. The minimum atomic E-state index is -0.359. The summed E-state index contributed by atoms with van der Waals surface area (Å²) in [7, 11) is 0. The number of halogens is 1. The summed E-state index contributed by atoms with van der Waals surface area (Å²) in [6.07, 6.45) is 1.50. The maximum Gasteiger partial charge on any atom is 0.253 e. The van der Waals surface area contributed by atoms with Gasteiger partial charge in [0.1, 0.15) is 5.75 Å². The molecule has 6 heteroatoms. The first-order valence-electron chi connectivity index (χ1n) is 6.89. The first-order valence-corrected chi connectivity index (χ1v) is 7.26. The number of aromatic nitrogens is 1. The van der Waals surface area contributed by atoms with Crippen molar-refractivity contribution < 1.29 is 9.53 Å². The first-order chi connectivity index (χ1) is 10.5. The Hall–Kier alpha value is -2.27. The quantitative estimate of drug-likeness (QED) is 0.890. The first kappa shape index (κ1) is 16.1. The van der Waals surface area contributed by atoms with Crippen LogP contribution in [-0.2, 0) is 6.54 Å². The molecule has 0 spiro atoms. The van der Waals surface area contributed by atoms with Gasteiger partial charge in [-0.2, -0.15) is 0 Å². The molecule has 0 atom stereocenters. The fraction of sp³-hybridized carbons (Fsp3) is 0.250. The van der Waals surface area contributed by atoms with E-state index in [1.165, 1.54) is 6.20 Å². The summed E-state index contributed by atoms with van der Waals surface area (Å²) in [4.78, 5) is 26.3. The minimum absolute atomic E-state index is 0.0429. The van der Waals surface area contributed by atoms with Crippen molar-refractivity contribution >= 4 is 17.5 Å². The summed E-state index contributed by atoms with van der Waals surface area (Å²) in [5.41, 5.74) is 0.555. The predicted octanol–water partition coefficient (Wildman–Crippen LogP) is 2.75. The Morgan fingerprint density at radius 1 is 1.32 bits per heavy atom. The summed E-state index contributed by atoms with van der Waals surface area (Å²) in [6, 6.07) is 8.38. The molecule has 0 fully saturated rings. The second-order valence-corrected chi connectivity index (χ2v) is 5.37. The number of nitrogens with one attached hydrogen (secondary N) is 2. The minimum Gasteiger partial charge on any atom is -0.489 e. The molecule has 0 saturated carbocycles. The normalized spacial score (nSPS) is 10.5. The van der Waals surface area contributed by atoms with E-state index in [4.69, 9.17) is 16.3 Å². The molecule has 22 heavy (non-hydrogen) atoms. The van der Waals surface area contributed by atoms with E-state index in [2.05, 4.69) is 10.3 Å². The van der Waals surface area contributed by atoms with Crippen molar-refractivity contribution in [2.24, 2.45) is 0 Å². The molecule has 5 nitrogen and oxygen atoms in total. The molecule has 2 rings (SSSR count). The van der Waals surface area contributed by atoms with Gasteiger partial charge in [-0.15, -0.1) is 0 Å². The van der Waals surface area contributed by atoms with Gasteiger partial charge in [-0.3, -0.25) is 9.59 Å². The van der Waals surface area contributed by atoms with Crippen LogP contribution in [0.2, 0.25) is 5.02 Å². The molecule has 1 amide bonds. The van der Waals surface area contributed by atoms with Crippen LogP contribution in [0.4, 0.5) is 0 Å². The molecule has 0 unspecified atom stereocenters. The van der Waals surface area contributed by atoms with Crippen molar-refractivity contribution in [3.63, 3.8) is 0 Å². The van der Waals surface area contributed by atoms with Gasteiger partial charge in [0.15, 0.2) is 0 Å². The monoisotopic (exact) mass is 320 g/mol. The summed E-state index contributed by atoms with van der Waals surface area (Å²) in [5.74, 6) is 0.101. The van der Waals surface area contributed by atoms with E-state index in [0.29, 0.717) is 16.9 Å². The fourth-order valence-corrected chi connectivity index (χ4v) is 2.15. The lowest BCUT2D eigenvalue weighted by molar-refractivity contribution is 0.0950. The largest absolute Gasteiger partial charge is 0.489 e. The van der Waals surface area contributed by atoms with E-state index < -0.39 is 0 Å². The van der Waals surface area contributed by atoms with Crippen LogP contribution in [0.25, 0.3) is 0 Å². The van der Waals surface area contributed by atoms with Gasteiger partial charge in [-0.25, -0.2) is 0 Å². The zero-order valence-corrected chi connectivity index (χ0v) is 13.1. The SMILES string of the molecule is CC(C)Oc1cccc(C(=O)NCc2ccc[nH]c2=O)c1Cl. The number of rotatable bonds is 5. The molecule has 116 valence electrons. The number of aromatic amines is 1. The van der Waals surface area contributed by atoms with E-state index in [1.807, 2.05) is 13.8 Å². The summed E-state index contributed by atoms with van der Waals surface area (Å²) < 4.78 is 5.55. The van der Waals surface area contributed by atoms with Crippen molar-refractivity contribution in [3.8, 4) is 5.75 Å². The van der Waals surface area contributed by atoms with Crippen molar-refractivity contribution in [2.75, 3.05) is 0 Å². The van der Waals surface area contributed by atoms with E-state index in [9.17, 15) is 9.59 Å². The van der Waals surface area contributed by atoms with E-state index in [1.54, 1.807) is 30.3 Å². The Bertz CT molecular complexity index is 725. The van der Waals surface area contributed by atoms with Crippen molar-refractivity contribution in [1.82, 2.24) is 10.3 Å². The number of pyridine rings is 1. The zero-order chi connectivity index (χ0) is 16.1. The molecule has 2 N–H and O–H groups in total. The number of ether oxygens (including phenoxy) is 1. The van der Waals surface area contributed by atoms with Crippen LogP contribution < -0.4 is 15.6 Å². The molecule has 0 aliphatic carbocycles. The highest BCUT2D eigenvalue weighted by molar-refractivity contribution is 6.35. The Morgan fingerprint density at radius 3 is 2.77 bits per heavy atom. The van der Waals surface area contributed by atoms with Gasteiger partial charge in [0.05, 0.1) is 16.7 Å². The summed E-state index contributed by atoms with van der Waals surface area (Å²) >= 11 is 6.21. The topological polar surface area (TPSA) is 71.2 Å². The Balaban J connectivity index is 2.13. The highest BCUT2D eigenvalue weighted by Gasteiger charge is 2.15. The maximum absolute atomic E-state index is 12.2. The standard InChI is InChI=1S/C16H17ClN2O3/c1-10(2)22-13-7-3-6-12(14(13)17)16(21)19-9-11-5-4-8-18-15(11)20/h3-8,10H,9H2,1-2H3,(H,18,20)(H,19,21). The average molecular weight is 321 g/mol. The number of carbonyl (C=O) groups excluding carboxylic acids is 1. The van der Waals surface area contributed by atoms with E-state index in [0.717, 1.165) is 0 Å². The van der Waals surface area contributed by atoms with Gasteiger partial charge in [-0.1, -0.05) is 23.7 Å². The van der Waals surface area contributed by atoms with Crippen molar-refractivity contribution in [1.29, 1.82) is 0 Å². The number of hydrogen-bond acceptors (Lipinski definition) is 3. The van der Waals surface area contributed by atoms with E-state index in [-0.39, 0.29) is 29.1 Å².